The quantitative estimate of drug-likeness (QED) is 0.634. The van der Waals surface area contributed by atoms with Crippen molar-refractivity contribution in [3.63, 3.8) is 0 Å². The SMILES string of the molecule is Cc1ccc(C(C)C)c(-c2cc(F)cc(CC(C)C)c2)c1. The molecule has 2 aromatic carbocycles. The lowest BCUT2D eigenvalue weighted by Crippen LogP contribution is -1.98. The second-order valence-electron chi connectivity index (χ2n) is 6.69. The maximum Gasteiger partial charge on any atom is 0.124 e. The van der Waals surface area contributed by atoms with Crippen molar-refractivity contribution >= 4 is 0 Å². The van der Waals surface area contributed by atoms with Gasteiger partial charge in [-0.05, 0) is 59.6 Å². The summed E-state index contributed by atoms with van der Waals surface area (Å²) in [4.78, 5) is 0. The van der Waals surface area contributed by atoms with E-state index in [-0.39, 0.29) is 5.82 Å². The summed E-state index contributed by atoms with van der Waals surface area (Å²) in [5.74, 6) is 0.818. The summed E-state index contributed by atoms with van der Waals surface area (Å²) >= 11 is 0. The second-order valence-corrected chi connectivity index (χ2v) is 6.69. The molecular weight excluding hydrogens is 259 g/mol. The van der Waals surface area contributed by atoms with Crippen LogP contribution in [0, 0.1) is 18.7 Å². The van der Waals surface area contributed by atoms with Crippen molar-refractivity contribution < 1.29 is 4.39 Å². The molecule has 0 bridgehead atoms. The van der Waals surface area contributed by atoms with E-state index in [2.05, 4.69) is 58.9 Å². The van der Waals surface area contributed by atoms with Crippen LogP contribution < -0.4 is 0 Å². The molecule has 0 N–H and O–H groups in total. The fourth-order valence-corrected chi connectivity index (χ4v) is 2.82. The van der Waals surface area contributed by atoms with Crippen LogP contribution in [0.4, 0.5) is 4.39 Å². The van der Waals surface area contributed by atoms with Crippen molar-refractivity contribution in [3.05, 3.63) is 58.9 Å². The van der Waals surface area contributed by atoms with Gasteiger partial charge in [0, 0.05) is 0 Å². The van der Waals surface area contributed by atoms with Crippen LogP contribution in [0.15, 0.2) is 36.4 Å². The van der Waals surface area contributed by atoms with Crippen LogP contribution in [0.25, 0.3) is 11.1 Å². The molecule has 0 nitrogen and oxygen atoms in total. The van der Waals surface area contributed by atoms with Gasteiger partial charge in [0.15, 0.2) is 0 Å². The molecule has 2 rings (SSSR count). The van der Waals surface area contributed by atoms with Gasteiger partial charge < -0.3 is 0 Å². The third-order valence-corrected chi connectivity index (χ3v) is 3.74. The first-order chi connectivity index (χ1) is 9.86. The molecule has 0 spiro atoms. The lowest BCUT2D eigenvalue weighted by molar-refractivity contribution is 0.613. The number of rotatable bonds is 4. The molecule has 0 aliphatic heterocycles. The molecule has 0 atom stereocenters. The Morgan fingerprint density at radius 2 is 1.67 bits per heavy atom. The zero-order chi connectivity index (χ0) is 15.6. The highest BCUT2D eigenvalue weighted by molar-refractivity contribution is 5.69. The zero-order valence-electron chi connectivity index (χ0n) is 13.7. The first-order valence-electron chi connectivity index (χ1n) is 7.77. The van der Waals surface area contributed by atoms with E-state index in [4.69, 9.17) is 0 Å². The summed E-state index contributed by atoms with van der Waals surface area (Å²) in [7, 11) is 0. The van der Waals surface area contributed by atoms with Gasteiger partial charge in [-0.25, -0.2) is 4.39 Å². The summed E-state index contributed by atoms with van der Waals surface area (Å²) in [5, 5.41) is 0. The van der Waals surface area contributed by atoms with Gasteiger partial charge in [0.2, 0.25) is 0 Å². The van der Waals surface area contributed by atoms with Gasteiger partial charge in [0.25, 0.3) is 0 Å². The fourth-order valence-electron chi connectivity index (χ4n) is 2.82. The molecule has 0 radical (unpaired) electrons. The van der Waals surface area contributed by atoms with Crippen molar-refractivity contribution in [3.8, 4) is 11.1 Å². The smallest absolute Gasteiger partial charge is 0.124 e. The summed E-state index contributed by atoms with van der Waals surface area (Å²) < 4.78 is 14.0. The van der Waals surface area contributed by atoms with Crippen LogP contribution in [0.2, 0.25) is 0 Å². The van der Waals surface area contributed by atoms with Crippen LogP contribution >= 0.6 is 0 Å². The van der Waals surface area contributed by atoms with E-state index in [0.717, 1.165) is 23.1 Å². The standard InChI is InChI=1S/C20H25F/c1-13(2)8-16-10-17(12-18(21)11-16)20-9-15(5)6-7-19(20)14(3)4/h6-7,9-14H,8H2,1-5H3. The highest BCUT2D eigenvalue weighted by Crippen LogP contribution is 2.31. The minimum atomic E-state index is -0.139. The molecule has 21 heavy (non-hydrogen) atoms. The van der Waals surface area contributed by atoms with Gasteiger partial charge in [-0.1, -0.05) is 57.5 Å². The Labute approximate surface area is 128 Å². The van der Waals surface area contributed by atoms with E-state index in [9.17, 15) is 4.39 Å². The van der Waals surface area contributed by atoms with Gasteiger partial charge in [-0.15, -0.1) is 0 Å². The number of hydrogen-bond donors (Lipinski definition) is 0. The first kappa shape index (κ1) is 15.8. The molecule has 0 fully saturated rings. The van der Waals surface area contributed by atoms with E-state index in [1.54, 1.807) is 12.1 Å². The molecule has 2 aromatic rings. The van der Waals surface area contributed by atoms with Crippen molar-refractivity contribution in [1.29, 1.82) is 0 Å². The largest absolute Gasteiger partial charge is 0.207 e. The summed E-state index contributed by atoms with van der Waals surface area (Å²) in [6.07, 6.45) is 0.910. The molecule has 112 valence electrons. The molecule has 0 saturated carbocycles. The van der Waals surface area contributed by atoms with E-state index >= 15 is 0 Å². The summed E-state index contributed by atoms with van der Waals surface area (Å²) in [6.45, 7) is 10.8. The lowest BCUT2D eigenvalue weighted by atomic mass is 9.89. The van der Waals surface area contributed by atoms with Crippen LogP contribution in [0.5, 0.6) is 0 Å². The average molecular weight is 284 g/mol. The number of halogens is 1. The Kier molecular flexibility index (Phi) is 4.82. The Balaban J connectivity index is 2.55. The summed E-state index contributed by atoms with van der Waals surface area (Å²) in [6, 6.07) is 11.9. The van der Waals surface area contributed by atoms with E-state index in [0.29, 0.717) is 11.8 Å². The van der Waals surface area contributed by atoms with E-state index in [1.807, 2.05) is 0 Å². The Bertz CT molecular complexity index is 624. The van der Waals surface area contributed by atoms with Gasteiger partial charge >= 0.3 is 0 Å². The van der Waals surface area contributed by atoms with Crippen molar-refractivity contribution in [1.82, 2.24) is 0 Å². The predicted molar refractivity (Wildman–Crippen MR) is 89.2 cm³/mol. The first-order valence-corrected chi connectivity index (χ1v) is 7.77. The van der Waals surface area contributed by atoms with Crippen molar-refractivity contribution in [2.24, 2.45) is 5.92 Å². The molecule has 0 saturated heterocycles. The molecule has 1 heteroatoms. The minimum Gasteiger partial charge on any atom is -0.207 e. The average Bonchev–Trinajstić information content (AvgIpc) is 2.36. The normalized spacial score (nSPS) is 11.4. The number of hydrogen-bond acceptors (Lipinski definition) is 0. The lowest BCUT2D eigenvalue weighted by Gasteiger charge is -2.15. The highest BCUT2D eigenvalue weighted by atomic mass is 19.1. The highest BCUT2D eigenvalue weighted by Gasteiger charge is 2.11. The molecule has 0 aliphatic carbocycles. The Morgan fingerprint density at radius 3 is 2.29 bits per heavy atom. The third-order valence-electron chi connectivity index (χ3n) is 3.74. The van der Waals surface area contributed by atoms with Gasteiger partial charge in [0.05, 0.1) is 0 Å². The molecule has 0 unspecified atom stereocenters. The molecule has 0 heterocycles. The maximum atomic E-state index is 14.0. The van der Waals surface area contributed by atoms with Crippen LogP contribution in [0.1, 0.15) is 50.3 Å². The van der Waals surface area contributed by atoms with Gasteiger partial charge in [-0.2, -0.15) is 0 Å². The number of benzene rings is 2. The maximum absolute atomic E-state index is 14.0. The number of aryl methyl sites for hydroxylation is 1. The topological polar surface area (TPSA) is 0 Å². The Hall–Kier alpha value is -1.63. The van der Waals surface area contributed by atoms with E-state index in [1.165, 1.54) is 11.1 Å². The van der Waals surface area contributed by atoms with Crippen LogP contribution in [-0.2, 0) is 6.42 Å². The molecule has 0 aromatic heterocycles. The van der Waals surface area contributed by atoms with Gasteiger partial charge in [0.1, 0.15) is 5.82 Å². The minimum absolute atomic E-state index is 0.139. The van der Waals surface area contributed by atoms with Gasteiger partial charge in [-0.3, -0.25) is 0 Å². The molecule has 0 aliphatic rings. The van der Waals surface area contributed by atoms with Crippen molar-refractivity contribution in [2.45, 2.75) is 47.0 Å². The second kappa shape index (κ2) is 6.43. The summed E-state index contributed by atoms with van der Waals surface area (Å²) in [5.41, 5.74) is 5.73. The van der Waals surface area contributed by atoms with Crippen LogP contribution in [-0.4, -0.2) is 0 Å². The fraction of sp³-hybridized carbons (Fsp3) is 0.400. The monoisotopic (exact) mass is 284 g/mol. The van der Waals surface area contributed by atoms with Crippen LogP contribution in [0.3, 0.4) is 0 Å². The third kappa shape index (κ3) is 3.93. The Morgan fingerprint density at radius 1 is 0.952 bits per heavy atom. The van der Waals surface area contributed by atoms with Crippen molar-refractivity contribution in [2.75, 3.05) is 0 Å². The molecular formula is C20H25F. The predicted octanol–water partition coefficient (Wildman–Crippen LogP) is 6.12. The van der Waals surface area contributed by atoms with E-state index < -0.39 is 0 Å². The zero-order valence-corrected chi connectivity index (χ0v) is 13.7. The molecule has 0 amide bonds.